The second kappa shape index (κ2) is 6.90. The lowest BCUT2D eigenvalue weighted by Crippen LogP contribution is -2.37. The molecule has 0 bridgehead atoms. The van der Waals surface area contributed by atoms with Gasteiger partial charge in [-0.3, -0.25) is 4.68 Å². The minimum absolute atomic E-state index is 0.150. The largest absolute Gasteiger partial charge is 0.308 e. The molecule has 0 amide bonds. The van der Waals surface area contributed by atoms with Crippen molar-refractivity contribution in [1.29, 1.82) is 0 Å². The standard InChI is InChI=1S/C16H29N3/c1-7-10-19-15(8-9-18-19)11-14(13(2)3)12-17-16(4,5)6/h8-9,11,13,17H,7,10,12H2,1-6H3/b14-11-. The molecule has 1 heterocycles. The molecule has 19 heavy (non-hydrogen) atoms. The van der Waals surface area contributed by atoms with Crippen molar-refractivity contribution in [3.05, 3.63) is 23.5 Å². The maximum Gasteiger partial charge on any atom is 0.0609 e. The van der Waals surface area contributed by atoms with Crippen molar-refractivity contribution in [1.82, 2.24) is 15.1 Å². The Morgan fingerprint density at radius 3 is 2.63 bits per heavy atom. The molecule has 0 unspecified atom stereocenters. The molecule has 0 atom stereocenters. The average Bonchev–Trinajstić information content (AvgIpc) is 2.70. The summed E-state index contributed by atoms with van der Waals surface area (Å²) >= 11 is 0. The molecule has 0 saturated heterocycles. The van der Waals surface area contributed by atoms with Crippen molar-refractivity contribution in [3.8, 4) is 0 Å². The molecule has 1 aromatic rings. The van der Waals surface area contributed by atoms with Crippen molar-refractivity contribution in [2.45, 2.75) is 60.0 Å². The first-order chi connectivity index (χ1) is 8.83. The molecule has 0 aliphatic rings. The van der Waals surface area contributed by atoms with Crippen LogP contribution >= 0.6 is 0 Å². The van der Waals surface area contributed by atoms with Gasteiger partial charge in [-0.15, -0.1) is 0 Å². The SMILES string of the molecule is CCCn1nccc1/C=C(/CNC(C)(C)C)C(C)C. The van der Waals surface area contributed by atoms with E-state index in [4.69, 9.17) is 0 Å². The highest BCUT2D eigenvalue weighted by atomic mass is 15.3. The number of aryl methyl sites for hydroxylation is 1. The van der Waals surface area contributed by atoms with Gasteiger partial charge in [0.25, 0.3) is 0 Å². The molecule has 108 valence electrons. The minimum Gasteiger partial charge on any atom is -0.308 e. The Balaban J connectivity index is 2.85. The molecule has 3 heteroatoms. The summed E-state index contributed by atoms with van der Waals surface area (Å²) in [5.74, 6) is 0.542. The second-order valence-electron chi connectivity index (χ2n) is 6.46. The first-order valence-corrected chi connectivity index (χ1v) is 7.30. The number of nitrogens with zero attached hydrogens (tertiary/aromatic N) is 2. The highest BCUT2D eigenvalue weighted by molar-refractivity contribution is 5.50. The minimum atomic E-state index is 0.150. The van der Waals surface area contributed by atoms with Crippen LogP contribution < -0.4 is 5.32 Å². The summed E-state index contributed by atoms with van der Waals surface area (Å²) in [4.78, 5) is 0. The normalized spacial score (nSPS) is 13.3. The summed E-state index contributed by atoms with van der Waals surface area (Å²) in [6, 6.07) is 2.09. The number of rotatable bonds is 6. The van der Waals surface area contributed by atoms with Gasteiger partial charge < -0.3 is 5.32 Å². The molecule has 1 N–H and O–H groups in total. The predicted octanol–water partition coefficient (Wildman–Crippen LogP) is 3.72. The van der Waals surface area contributed by atoms with Crippen molar-refractivity contribution in [3.63, 3.8) is 0 Å². The van der Waals surface area contributed by atoms with Crippen LogP contribution in [0.1, 0.15) is 53.7 Å². The molecule has 0 aliphatic heterocycles. The van der Waals surface area contributed by atoms with Gasteiger partial charge in [0.05, 0.1) is 5.69 Å². The average molecular weight is 263 g/mol. The van der Waals surface area contributed by atoms with Gasteiger partial charge in [0.1, 0.15) is 0 Å². The smallest absolute Gasteiger partial charge is 0.0609 e. The number of nitrogens with one attached hydrogen (secondary N) is 1. The quantitative estimate of drug-likeness (QED) is 0.847. The lowest BCUT2D eigenvalue weighted by atomic mass is 10.00. The van der Waals surface area contributed by atoms with Gasteiger partial charge in [-0.2, -0.15) is 5.10 Å². The van der Waals surface area contributed by atoms with Crippen molar-refractivity contribution < 1.29 is 0 Å². The first kappa shape index (κ1) is 16.0. The summed E-state index contributed by atoms with van der Waals surface area (Å²) in [6.45, 7) is 15.2. The number of hydrogen-bond donors (Lipinski definition) is 1. The number of hydrogen-bond acceptors (Lipinski definition) is 2. The van der Waals surface area contributed by atoms with E-state index < -0.39 is 0 Å². The van der Waals surface area contributed by atoms with E-state index in [2.05, 4.69) is 68.8 Å². The molecule has 0 spiro atoms. The van der Waals surface area contributed by atoms with E-state index in [0.717, 1.165) is 19.5 Å². The van der Waals surface area contributed by atoms with Gasteiger partial charge in [-0.05, 0) is 45.3 Å². The Hall–Kier alpha value is -1.09. The van der Waals surface area contributed by atoms with Crippen LogP contribution in [-0.4, -0.2) is 21.9 Å². The summed E-state index contributed by atoms with van der Waals surface area (Å²) in [5, 5.41) is 7.95. The Labute approximate surface area is 118 Å². The van der Waals surface area contributed by atoms with Gasteiger partial charge in [0.15, 0.2) is 0 Å². The zero-order valence-electron chi connectivity index (χ0n) is 13.3. The molecule has 0 radical (unpaired) electrons. The van der Waals surface area contributed by atoms with Crippen LogP contribution in [-0.2, 0) is 6.54 Å². The molecule has 0 aromatic carbocycles. The lowest BCUT2D eigenvalue weighted by Gasteiger charge is -2.23. The molecule has 0 aliphatic carbocycles. The van der Waals surface area contributed by atoms with E-state index in [0.29, 0.717) is 5.92 Å². The highest BCUT2D eigenvalue weighted by Crippen LogP contribution is 2.15. The molecule has 1 aromatic heterocycles. The maximum absolute atomic E-state index is 4.38. The van der Waals surface area contributed by atoms with Crippen molar-refractivity contribution >= 4 is 6.08 Å². The van der Waals surface area contributed by atoms with Gasteiger partial charge in [0.2, 0.25) is 0 Å². The topological polar surface area (TPSA) is 29.9 Å². The van der Waals surface area contributed by atoms with Crippen LogP contribution in [0.15, 0.2) is 17.8 Å². The maximum atomic E-state index is 4.38. The zero-order chi connectivity index (χ0) is 14.5. The fourth-order valence-electron chi connectivity index (χ4n) is 1.84. The fraction of sp³-hybridized carbons (Fsp3) is 0.688. The molecule has 1 rings (SSSR count). The van der Waals surface area contributed by atoms with Crippen molar-refractivity contribution in [2.24, 2.45) is 5.92 Å². The third kappa shape index (κ3) is 5.60. The highest BCUT2D eigenvalue weighted by Gasteiger charge is 2.12. The van der Waals surface area contributed by atoms with Gasteiger partial charge >= 0.3 is 0 Å². The zero-order valence-corrected chi connectivity index (χ0v) is 13.3. The lowest BCUT2D eigenvalue weighted by molar-refractivity contribution is 0.437. The molecule has 0 fully saturated rings. The summed E-state index contributed by atoms with van der Waals surface area (Å²) < 4.78 is 2.08. The van der Waals surface area contributed by atoms with Crippen LogP contribution in [0, 0.1) is 5.92 Å². The van der Waals surface area contributed by atoms with Crippen molar-refractivity contribution in [2.75, 3.05) is 6.54 Å². The Morgan fingerprint density at radius 1 is 1.42 bits per heavy atom. The van der Waals surface area contributed by atoms with Crippen LogP contribution in [0.25, 0.3) is 6.08 Å². The van der Waals surface area contributed by atoms with Crippen LogP contribution in [0.2, 0.25) is 0 Å². The third-order valence-corrected chi connectivity index (χ3v) is 3.08. The molecular formula is C16H29N3. The Bertz CT molecular complexity index is 408. The van der Waals surface area contributed by atoms with Crippen LogP contribution in [0.3, 0.4) is 0 Å². The Morgan fingerprint density at radius 2 is 2.11 bits per heavy atom. The third-order valence-electron chi connectivity index (χ3n) is 3.08. The predicted molar refractivity (Wildman–Crippen MR) is 83.1 cm³/mol. The van der Waals surface area contributed by atoms with Gasteiger partial charge in [-0.1, -0.05) is 26.3 Å². The van der Waals surface area contributed by atoms with Crippen LogP contribution in [0.4, 0.5) is 0 Å². The second-order valence-corrected chi connectivity index (χ2v) is 6.46. The van der Waals surface area contributed by atoms with Gasteiger partial charge in [0, 0.05) is 24.8 Å². The van der Waals surface area contributed by atoms with E-state index in [1.165, 1.54) is 11.3 Å². The van der Waals surface area contributed by atoms with E-state index in [-0.39, 0.29) is 5.54 Å². The molecular weight excluding hydrogens is 234 g/mol. The molecule has 3 nitrogen and oxygen atoms in total. The summed E-state index contributed by atoms with van der Waals surface area (Å²) in [6.07, 6.45) is 5.28. The van der Waals surface area contributed by atoms with Crippen LogP contribution in [0.5, 0.6) is 0 Å². The van der Waals surface area contributed by atoms with E-state index in [1.54, 1.807) is 0 Å². The van der Waals surface area contributed by atoms with Gasteiger partial charge in [-0.25, -0.2) is 0 Å². The number of aromatic nitrogens is 2. The molecule has 0 saturated carbocycles. The van der Waals surface area contributed by atoms with E-state index in [9.17, 15) is 0 Å². The summed E-state index contributed by atoms with van der Waals surface area (Å²) in [5.41, 5.74) is 2.78. The first-order valence-electron chi connectivity index (χ1n) is 7.30. The monoisotopic (exact) mass is 263 g/mol. The fourth-order valence-corrected chi connectivity index (χ4v) is 1.84. The summed E-state index contributed by atoms with van der Waals surface area (Å²) in [7, 11) is 0. The van der Waals surface area contributed by atoms with E-state index in [1.807, 2.05) is 6.20 Å². The Kier molecular flexibility index (Phi) is 5.80. The van der Waals surface area contributed by atoms with E-state index >= 15 is 0 Å².